The first kappa shape index (κ1) is 15.0. The summed E-state index contributed by atoms with van der Waals surface area (Å²) in [5, 5.41) is 0.527. The number of ether oxygens (including phenoxy) is 1. The van der Waals surface area contributed by atoms with Gasteiger partial charge in [0.2, 0.25) is 0 Å². The highest BCUT2D eigenvalue weighted by molar-refractivity contribution is 9.10. The van der Waals surface area contributed by atoms with Crippen LogP contribution in [0.15, 0.2) is 22.7 Å². The zero-order valence-electron chi connectivity index (χ0n) is 10.1. The minimum atomic E-state index is -0.429. The van der Waals surface area contributed by atoms with Crippen LogP contribution >= 0.6 is 27.5 Å². The third-order valence-electron chi connectivity index (χ3n) is 2.18. The second-order valence-electron chi connectivity index (χ2n) is 3.60. The fourth-order valence-electron chi connectivity index (χ4n) is 1.32. The van der Waals surface area contributed by atoms with Crippen molar-refractivity contribution in [2.45, 2.75) is 6.92 Å². The van der Waals surface area contributed by atoms with Gasteiger partial charge in [-0.05, 0) is 41.1 Å². The number of likely N-dealkylation sites (N-methyl/N-ethyl adjacent to an activating group) is 1. The molecule has 0 aromatic heterocycles. The van der Waals surface area contributed by atoms with Crippen LogP contribution in [0.4, 0.5) is 0 Å². The molecule has 0 unspecified atom stereocenters. The van der Waals surface area contributed by atoms with E-state index in [1.807, 2.05) is 0 Å². The predicted octanol–water partition coefficient (Wildman–Crippen LogP) is 2.74. The van der Waals surface area contributed by atoms with E-state index < -0.39 is 5.97 Å². The van der Waals surface area contributed by atoms with Crippen LogP contribution < -0.4 is 0 Å². The Hall–Kier alpha value is -1.07. The summed E-state index contributed by atoms with van der Waals surface area (Å²) in [5.41, 5.74) is 0.457. The number of benzene rings is 1. The molecule has 6 heteroatoms. The van der Waals surface area contributed by atoms with Gasteiger partial charge in [-0.3, -0.25) is 9.59 Å². The Bertz CT molecular complexity index is 465. The van der Waals surface area contributed by atoms with Crippen molar-refractivity contribution in [3.63, 3.8) is 0 Å². The lowest BCUT2D eigenvalue weighted by Gasteiger charge is -2.16. The highest BCUT2D eigenvalue weighted by atomic mass is 79.9. The number of halogens is 2. The summed E-state index contributed by atoms with van der Waals surface area (Å²) >= 11 is 9.09. The van der Waals surface area contributed by atoms with Crippen LogP contribution in [0.25, 0.3) is 0 Å². The van der Waals surface area contributed by atoms with Crippen molar-refractivity contribution in [2.75, 3.05) is 20.2 Å². The lowest BCUT2D eigenvalue weighted by atomic mass is 10.2. The van der Waals surface area contributed by atoms with Crippen LogP contribution in [0.5, 0.6) is 0 Å². The van der Waals surface area contributed by atoms with Gasteiger partial charge < -0.3 is 9.64 Å². The average Bonchev–Trinajstić information content (AvgIpc) is 2.32. The Morgan fingerprint density at radius 3 is 2.67 bits per heavy atom. The molecule has 1 amide bonds. The molecular weight excluding hydrogens is 321 g/mol. The topological polar surface area (TPSA) is 46.6 Å². The molecule has 0 aliphatic carbocycles. The molecule has 0 saturated carbocycles. The van der Waals surface area contributed by atoms with Gasteiger partial charge in [0, 0.05) is 17.1 Å². The third-order valence-corrected chi connectivity index (χ3v) is 3.40. The van der Waals surface area contributed by atoms with Crippen molar-refractivity contribution in [3.05, 3.63) is 33.3 Å². The van der Waals surface area contributed by atoms with Crippen LogP contribution in [0.1, 0.15) is 17.3 Å². The van der Waals surface area contributed by atoms with E-state index in [0.717, 1.165) is 0 Å². The summed E-state index contributed by atoms with van der Waals surface area (Å²) in [6.07, 6.45) is 0. The molecule has 0 saturated heterocycles. The number of nitrogens with zero attached hydrogens (tertiary/aromatic N) is 1. The molecule has 0 bridgehead atoms. The molecule has 0 fully saturated rings. The lowest BCUT2D eigenvalue weighted by molar-refractivity contribution is -0.143. The van der Waals surface area contributed by atoms with Crippen LogP contribution in [-0.4, -0.2) is 37.0 Å². The summed E-state index contributed by atoms with van der Waals surface area (Å²) in [6.45, 7) is 1.94. The maximum absolute atomic E-state index is 12.0. The van der Waals surface area contributed by atoms with E-state index in [4.69, 9.17) is 16.3 Å². The number of rotatable bonds is 4. The smallest absolute Gasteiger partial charge is 0.325 e. The molecule has 0 atom stereocenters. The Labute approximate surface area is 119 Å². The van der Waals surface area contributed by atoms with Gasteiger partial charge in [-0.15, -0.1) is 0 Å². The maximum Gasteiger partial charge on any atom is 0.325 e. The van der Waals surface area contributed by atoms with E-state index in [1.165, 1.54) is 4.90 Å². The summed E-state index contributed by atoms with van der Waals surface area (Å²) in [5.74, 6) is -0.693. The van der Waals surface area contributed by atoms with Gasteiger partial charge in [0.05, 0.1) is 11.6 Å². The first-order chi connectivity index (χ1) is 8.45. The molecular formula is C12H13BrClNO3. The average molecular weight is 335 g/mol. The fraction of sp³-hybridized carbons (Fsp3) is 0.333. The van der Waals surface area contributed by atoms with Crippen LogP contribution in [-0.2, 0) is 9.53 Å². The second kappa shape index (κ2) is 6.75. The summed E-state index contributed by atoms with van der Waals surface area (Å²) in [6, 6.07) is 4.85. The van der Waals surface area contributed by atoms with Crippen molar-refractivity contribution in [1.29, 1.82) is 0 Å². The lowest BCUT2D eigenvalue weighted by Crippen LogP contribution is -2.33. The molecule has 0 N–H and O–H groups in total. The Kier molecular flexibility index (Phi) is 5.62. The fourth-order valence-corrected chi connectivity index (χ4v) is 1.82. The van der Waals surface area contributed by atoms with E-state index >= 15 is 0 Å². The van der Waals surface area contributed by atoms with Crippen molar-refractivity contribution in [3.8, 4) is 0 Å². The molecule has 0 aliphatic rings. The van der Waals surface area contributed by atoms with Crippen LogP contribution in [0.2, 0.25) is 5.02 Å². The molecule has 18 heavy (non-hydrogen) atoms. The normalized spacial score (nSPS) is 10.0. The third kappa shape index (κ3) is 3.99. The highest BCUT2D eigenvalue weighted by Crippen LogP contribution is 2.23. The molecule has 0 radical (unpaired) electrons. The number of hydrogen-bond donors (Lipinski definition) is 0. The number of carbonyl (C=O) groups excluding carboxylic acids is 2. The quantitative estimate of drug-likeness (QED) is 0.795. The zero-order chi connectivity index (χ0) is 13.7. The molecule has 1 aromatic carbocycles. The molecule has 1 rings (SSSR count). The number of hydrogen-bond acceptors (Lipinski definition) is 3. The van der Waals surface area contributed by atoms with Crippen molar-refractivity contribution in [1.82, 2.24) is 4.90 Å². The molecule has 1 aromatic rings. The molecule has 4 nitrogen and oxygen atoms in total. The number of carbonyl (C=O) groups is 2. The van der Waals surface area contributed by atoms with Gasteiger partial charge in [0.1, 0.15) is 6.54 Å². The molecule has 98 valence electrons. The van der Waals surface area contributed by atoms with Gasteiger partial charge in [-0.1, -0.05) is 11.6 Å². The molecule has 0 heterocycles. The number of amides is 1. The van der Waals surface area contributed by atoms with E-state index in [9.17, 15) is 9.59 Å². The van der Waals surface area contributed by atoms with Crippen LogP contribution in [0.3, 0.4) is 0 Å². The van der Waals surface area contributed by atoms with Crippen molar-refractivity contribution in [2.24, 2.45) is 0 Å². The number of esters is 1. The van der Waals surface area contributed by atoms with Gasteiger partial charge in [-0.25, -0.2) is 0 Å². The van der Waals surface area contributed by atoms with Gasteiger partial charge in [-0.2, -0.15) is 0 Å². The summed E-state index contributed by atoms with van der Waals surface area (Å²) in [4.78, 5) is 24.6. The zero-order valence-corrected chi connectivity index (χ0v) is 12.4. The van der Waals surface area contributed by atoms with Gasteiger partial charge in [0.25, 0.3) is 5.91 Å². The van der Waals surface area contributed by atoms with E-state index in [0.29, 0.717) is 21.7 Å². The highest BCUT2D eigenvalue weighted by Gasteiger charge is 2.16. The largest absolute Gasteiger partial charge is 0.465 e. The predicted molar refractivity (Wildman–Crippen MR) is 72.7 cm³/mol. The summed E-state index contributed by atoms with van der Waals surface area (Å²) in [7, 11) is 1.54. The maximum atomic E-state index is 12.0. The Balaban J connectivity index is 2.74. The van der Waals surface area contributed by atoms with Crippen LogP contribution in [0, 0.1) is 0 Å². The Morgan fingerprint density at radius 2 is 2.11 bits per heavy atom. The minimum Gasteiger partial charge on any atom is -0.465 e. The van der Waals surface area contributed by atoms with E-state index in [-0.39, 0.29) is 12.5 Å². The minimum absolute atomic E-state index is 0.0765. The molecule has 0 spiro atoms. The molecule has 0 aliphatic heterocycles. The van der Waals surface area contributed by atoms with Crippen molar-refractivity contribution < 1.29 is 14.3 Å². The SMILES string of the molecule is CCOC(=O)CN(C)C(=O)c1ccc(Cl)c(Br)c1. The first-order valence-electron chi connectivity index (χ1n) is 5.31. The second-order valence-corrected chi connectivity index (χ2v) is 4.86. The van der Waals surface area contributed by atoms with Crippen molar-refractivity contribution >= 4 is 39.4 Å². The standard InChI is InChI=1S/C12H13BrClNO3/c1-3-18-11(16)7-15(2)12(17)8-4-5-10(14)9(13)6-8/h4-6H,3,7H2,1-2H3. The first-order valence-corrected chi connectivity index (χ1v) is 6.49. The summed E-state index contributed by atoms with van der Waals surface area (Å²) < 4.78 is 5.42. The van der Waals surface area contributed by atoms with E-state index in [1.54, 1.807) is 32.2 Å². The van der Waals surface area contributed by atoms with Gasteiger partial charge in [0.15, 0.2) is 0 Å². The monoisotopic (exact) mass is 333 g/mol. The Morgan fingerprint density at radius 1 is 1.44 bits per heavy atom. The van der Waals surface area contributed by atoms with Gasteiger partial charge >= 0.3 is 5.97 Å². The van der Waals surface area contributed by atoms with E-state index in [2.05, 4.69) is 15.9 Å².